The van der Waals surface area contributed by atoms with E-state index in [0.29, 0.717) is 12.6 Å². The van der Waals surface area contributed by atoms with Crippen molar-refractivity contribution in [1.29, 1.82) is 0 Å². The number of hydrogen-bond acceptors (Lipinski definition) is 3. The van der Waals surface area contributed by atoms with Crippen LogP contribution in [0.2, 0.25) is 0 Å². The van der Waals surface area contributed by atoms with Crippen LogP contribution in [0.1, 0.15) is 84.5 Å². The van der Waals surface area contributed by atoms with Crippen molar-refractivity contribution >= 4 is 29.9 Å². The molecule has 2 atom stereocenters. The molecule has 0 radical (unpaired) electrons. The summed E-state index contributed by atoms with van der Waals surface area (Å²) in [4.78, 5) is 7.62. The quantitative estimate of drug-likeness (QED) is 0.301. The van der Waals surface area contributed by atoms with Crippen molar-refractivity contribution in [2.24, 2.45) is 10.4 Å². The predicted molar refractivity (Wildman–Crippen MR) is 129 cm³/mol. The fraction of sp³-hybridized carbons (Fsp3) is 0.955. The monoisotopic (exact) mass is 506 g/mol. The van der Waals surface area contributed by atoms with Crippen molar-refractivity contribution in [1.82, 2.24) is 15.5 Å². The molecule has 6 heteroatoms. The van der Waals surface area contributed by atoms with E-state index in [2.05, 4.69) is 29.4 Å². The summed E-state index contributed by atoms with van der Waals surface area (Å²) in [6.07, 6.45) is 13.7. The number of aliphatic hydroxyl groups is 1. The minimum atomic E-state index is -0.211. The van der Waals surface area contributed by atoms with Crippen molar-refractivity contribution in [3.05, 3.63) is 0 Å². The zero-order valence-corrected chi connectivity index (χ0v) is 20.4. The van der Waals surface area contributed by atoms with E-state index >= 15 is 0 Å². The summed E-state index contributed by atoms with van der Waals surface area (Å²) in [6.45, 7) is 8.36. The van der Waals surface area contributed by atoms with Gasteiger partial charge in [-0.2, -0.15) is 0 Å². The molecule has 0 amide bonds. The maximum Gasteiger partial charge on any atom is 0.191 e. The Morgan fingerprint density at radius 2 is 1.71 bits per heavy atom. The zero-order chi connectivity index (χ0) is 19.1. The molecule has 164 valence electrons. The Kier molecular flexibility index (Phi) is 10.3. The topological polar surface area (TPSA) is 59.9 Å². The van der Waals surface area contributed by atoms with E-state index in [1.807, 2.05) is 0 Å². The Bertz CT molecular complexity index is 475. The Labute approximate surface area is 189 Å². The van der Waals surface area contributed by atoms with E-state index < -0.39 is 0 Å². The number of aliphatic imine (C=N–C) groups is 1. The molecule has 0 aromatic heterocycles. The number of halogens is 1. The molecule has 2 unspecified atom stereocenters. The smallest absolute Gasteiger partial charge is 0.191 e. The van der Waals surface area contributed by atoms with Crippen molar-refractivity contribution in [3.63, 3.8) is 0 Å². The van der Waals surface area contributed by atoms with Crippen LogP contribution in [-0.2, 0) is 0 Å². The molecule has 3 aliphatic rings. The summed E-state index contributed by atoms with van der Waals surface area (Å²) in [5, 5.41) is 17.5. The lowest BCUT2D eigenvalue weighted by Gasteiger charge is -2.40. The number of rotatable bonds is 5. The van der Waals surface area contributed by atoms with Crippen LogP contribution >= 0.6 is 24.0 Å². The molecule has 2 saturated carbocycles. The fourth-order valence-electron chi connectivity index (χ4n) is 5.19. The van der Waals surface area contributed by atoms with Gasteiger partial charge in [-0.25, -0.2) is 0 Å². The Morgan fingerprint density at radius 3 is 2.36 bits per heavy atom. The van der Waals surface area contributed by atoms with Crippen molar-refractivity contribution < 1.29 is 5.11 Å². The molecule has 3 rings (SSSR count). The van der Waals surface area contributed by atoms with Crippen LogP contribution in [0.4, 0.5) is 0 Å². The summed E-state index contributed by atoms with van der Waals surface area (Å²) in [5.41, 5.74) is -0.0645. The van der Waals surface area contributed by atoms with Crippen LogP contribution in [-0.4, -0.2) is 60.3 Å². The van der Waals surface area contributed by atoms with E-state index in [4.69, 9.17) is 4.99 Å². The van der Waals surface area contributed by atoms with Crippen LogP contribution in [0.15, 0.2) is 4.99 Å². The van der Waals surface area contributed by atoms with E-state index in [0.717, 1.165) is 37.8 Å². The standard InChI is InChI=1S/C22H42N4O.HI/c1-3-23-21(24-17-22(2)14-8-7-11-20(22)27)25-18-12-15-26(16-13-18)19-9-5-4-6-10-19;/h18-20,27H,3-17H2,1-2H3,(H2,23,24,25);1H. The molecule has 3 fully saturated rings. The lowest BCUT2D eigenvalue weighted by molar-refractivity contribution is 0.00714. The largest absolute Gasteiger partial charge is 0.392 e. The van der Waals surface area contributed by atoms with Gasteiger partial charge in [-0.3, -0.25) is 4.99 Å². The van der Waals surface area contributed by atoms with Crippen molar-refractivity contribution in [2.75, 3.05) is 26.2 Å². The average molecular weight is 507 g/mol. The molecule has 0 aromatic rings. The normalized spacial score (nSPS) is 31.2. The van der Waals surface area contributed by atoms with Gasteiger partial charge in [-0.1, -0.05) is 39.0 Å². The Balaban J connectivity index is 0.00000280. The summed E-state index contributed by atoms with van der Waals surface area (Å²) in [6, 6.07) is 1.36. The molecular weight excluding hydrogens is 463 g/mol. The second-order valence-corrected chi connectivity index (χ2v) is 9.36. The molecule has 1 saturated heterocycles. The lowest BCUT2D eigenvalue weighted by Crippen LogP contribution is -2.51. The maximum atomic E-state index is 10.4. The molecule has 2 aliphatic carbocycles. The highest BCUT2D eigenvalue weighted by Crippen LogP contribution is 2.36. The van der Waals surface area contributed by atoms with Gasteiger partial charge in [0.15, 0.2) is 5.96 Å². The highest BCUT2D eigenvalue weighted by molar-refractivity contribution is 14.0. The molecule has 0 bridgehead atoms. The van der Waals surface area contributed by atoms with Gasteiger partial charge >= 0.3 is 0 Å². The molecule has 0 aromatic carbocycles. The summed E-state index contributed by atoms with van der Waals surface area (Å²) < 4.78 is 0. The molecule has 28 heavy (non-hydrogen) atoms. The molecule has 0 spiro atoms. The molecule has 1 heterocycles. The Morgan fingerprint density at radius 1 is 1.04 bits per heavy atom. The first kappa shape index (κ1) is 24.2. The number of nitrogens with one attached hydrogen (secondary N) is 2. The highest BCUT2D eigenvalue weighted by atomic mass is 127. The van der Waals surface area contributed by atoms with Gasteiger partial charge in [-0.05, 0) is 45.4 Å². The molecule has 3 N–H and O–H groups in total. The number of aliphatic hydroxyl groups excluding tert-OH is 1. The second kappa shape index (κ2) is 11.9. The number of guanidine groups is 1. The van der Waals surface area contributed by atoms with E-state index in [9.17, 15) is 5.11 Å². The lowest BCUT2D eigenvalue weighted by atomic mass is 9.73. The number of nitrogens with zero attached hydrogens (tertiary/aromatic N) is 2. The van der Waals surface area contributed by atoms with Crippen LogP contribution < -0.4 is 10.6 Å². The zero-order valence-electron chi connectivity index (χ0n) is 18.1. The summed E-state index contributed by atoms with van der Waals surface area (Å²) >= 11 is 0. The highest BCUT2D eigenvalue weighted by Gasteiger charge is 2.35. The SMILES string of the molecule is CCNC(=NCC1(C)CCCCC1O)NC1CCN(C2CCCCC2)CC1.I. The van der Waals surface area contributed by atoms with Crippen molar-refractivity contribution in [3.8, 4) is 0 Å². The minimum Gasteiger partial charge on any atom is -0.392 e. The summed E-state index contributed by atoms with van der Waals surface area (Å²) in [5.74, 6) is 0.938. The van der Waals surface area contributed by atoms with Gasteiger partial charge in [0.2, 0.25) is 0 Å². The van der Waals surface area contributed by atoms with Gasteiger partial charge < -0.3 is 20.6 Å². The maximum absolute atomic E-state index is 10.4. The van der Waals surface area contributed by atoms with E-state index in [1.165, 1.54) is 64.5 Å². The van der Waals surface area contributed by atoms with Crippen LogP contribution in [0.3, 0.4) is 0 Å². The first-order valence-corrected chi connectivity index (χ1v) is 11.6. The minimum absolute atomic E-state index is 0. The van der Waals surface area contributed by atoms with Gasteiger partial charge in [0.25, 0.3) is 0 Å². The van der Waals surface area contributed by atoms with Crippen LogP contribution in [0.5, 0.6) is 0 Å². The number of piperidine rings is 1. The van der Waals surface area contributed by atoms with Gasteiger partial charge in [-0.15, -0.1) is 24.0 Å². The van der Waals surface area contributed by atoms with E-state index in [1.54, 1.807) is 0 Å². The van der Waals surface area contributed by atoms with Crippen molar-refractivity contribution in [2.45, 2.75) is 103 Å². The van der Waals surface area contributed by atoms with Gasteiger partial charge in [0.05, 0.1) is 12.6 Å². The molecular formula is C22H43IN4O. The molecule has 5 nitrogen and oxygen atoms in total. The number of likely N-dealkylation sites (tertiary alicyclic amines) is 1. The molecule has 1 aliphatic heterocycles. The third kappa shape index (κ3) is 6.73. The average Bonchev–Trinajstić information content (AvgIpc) is 2.70. The van der Waals surface area contributed by atoms with Gasteiger partial charge in [0, 0.05) is 37.1 Å². The predicted octanol–water partition coefficient (Wildman–Crippen LogP) is 3.90. The fourth-order valence-corrected chi connectivity index (χ4v) is 5.19. The first-order valence-electron chi connectivity index (χ1n) is 11.6. The summed E-state index contributed by atoms with van der Waals surface area (Å²) in [7, 11) is 0. The Hall–Kier alpha value is -0.0800. The first-order chi connectivity index (χ1) is 13.1. The van der Waals surface area contributed by atoms with Gasteiger partial charge in [0.1, 0.15) is 0 Å². The number of hydrogen-bond donors (Lipinski definition) is 3. The second-order valence-electron chi connectivity index (χ2n) is 9.36. The van der Waals surface area contributed by atoms with Crippen LogP contribution in [0.25, 0.3) is 0 Å². The van der Waals surface area contributed by atoms with Crippen LogP contribution in [0, 0.1) is 5.41 Å². The third-order valence-electron chi connectivity index (χ3n) is 7.18. The van der Waals surface area contributed by atoms with E-state index in [-0.39, 0.29) is 35.5 Å². The third-order valence-corrected chi connectivity index (χ3v) is 7.18.